The molecule has 1 saturated heterocycles. The van der Waals surface area contributed by atoms with Gasteiger partial charge in [0.05, 0.1) is 22.0 Å². The van der Waals surface area contributed by atoms with Crippen LogP contribution in [0.15, 0.2) is 53.4 Å². The Morgan fingerprint density at radius 2 is 1.80 bits per heavy atom. The minimum atomic E-state index is -3.91. The van der Waals surface area contributed by atoms with Crippen LogP contribution in [0.1, 0.15) is 16.8 Å². The van der Waals surface area contributed by atoms with Crippen LogP contribution >= 0.6 is 0 Å². The number of esters is 1. The number of sulfonamides is 1. The highest BCUT2D eigenvalue weighted by Crippen LogP contribution is 2.17. The van der Waals surface area contributed by atoms with Crippen LogP contribution < -0.4 is 9.46 Å². The Morgan fingerprint density at radius 3 is 2.43 bits per heavy atom. The number of hydrogen-bond donors (Lipinski definition) is 1. The van der Waals surface area contributed by atoms with E-state index in [-0.39, 0.29) is 47.3 Å². The molecule has 1 N–H and O–H groups in total. The van der Waals surface area contributed by atoms with Gasteiger partial charge in [-0.05, 0) is 42.8 Å². The van der Waals surface area contributed by atoms with E-state index in [1.54, 1.807) is 6.07 Å². The summed E-state index contributed by atoms with van der Waals surface area (Å²) in [5, 5.41) is 0. The number of para-hydroxylation sites is 1. The van der Waals surface area contributed by atoms with Crippen molar-refractivity contribution in [3.63, 3.8) is 0 Å². The third kappa shape index (κ3) is 5.77. The molecule has 1 atom stereocenters. The predicted octanol–water partition coefficient (Wildman–Crippen LogP) is 1.53. The molecule has 8 nitrogen and oxygen atoms in total. The fourth-order valence-electron chi connectivity index (χ4n) is 2.88. The van der Waals surface area contributed by atoms with Crippen LogP contribution in [0.2, 0.25) is 0 Å². The van der Waals surface area contributed by atoms with E-state index in [1.807, 2.05) is 0 Å². The summed E-state index contributed by atoms with van der Waals surface area (Å²) in [6.07, 6.45) is 0.223. The Morgan fingerprint density at radius 1 is 1.10 bits per heavy atom. The molecule has 11 heteroatoms. The summed E-state index contributed by atoms with van der Waals surface area (Å²) in [5.74, 6) is -1.45. The molecule has 3 rings (SSSR count). The first-order valence-electron chi connectivity index (χ1n) is 9.03. The van der Waals surface area contributed by atoms with Crippen LogP contribution in [0, 0.1) is 5.82 Å². The van der Waals surface area contributed by atoms with Gasteiger partial charge in [0.15, 0.2) is 21.4 Å². The molecule has 2 aromatic rings. The minimum Gasteiger partial charge on any atom is -0.487 e. The van der Waals surface area contributed by atoms with E-state index in [1.165, 1.54) is 42.5 Å². The SMILES string of the molecule is O=C(OCCOc1ccccc1F)c1ccc(S(=O)(=O)N[C@H]2CCS(=O)(=O)C2)cc1. The molecule has 0 bridgehead atoms. The van der Waals surface area contributed by atoms with Gasteiger partial charge in [0.2, 0.25) is 10.0 Å². The van der Waals surface area contributed by atoms with E-state index in [2.05, 4.69) is 4.72 Å². The number of benzene rings is 2. The summed E-state index contributed by atoms with van der Waals surface area (Å²) in [6.45, 7) is -0.168. The second kappa shape index (κ2) is 9.11. The molecular formula is C19H20FNO7S2. The highest BCUT2D eigenvalue weighted by molar-refractivity contribution is 7.92. The molecule has 0 radical (unpaired) electrons. The highest BCUT2D eigenvalue weighted by Gasteiger charge is 2.31. The van der Waals surface area contributed by atoms with Crippen molar-refractivity contribution in [2.45, 2.75) is 17.4 Å². The standard InChI is InChI=1S/C19H20FNO7S2/c20-17-3-1-2-4-18(17)27-10-11-28-19(22)14-5-7-16(8-6-14)30(25,26)21-15-9-12-29(23,24)13-15/h1-8,15,21H,9-13H2/t15-/m0/s1. The van der Waals surface area contributed by atoms with Gasteiger partial charge in [-0.25, -0.2) is 30.7 Å². The van der Waals surface area contributed by atoms with Gasteiger partial charge in [-0.2, -0.15) is 0 Å². The van der Waals surface area contributed by atoms with E-state index < -0.39 is 37.7 Å². The fourth-order valence-corrected chi connectivity index (χ4v) is 5.93. The number of carbonyl (C=O) groups excluding carboxylic acids is 1. The van der Waals surface area contributed by atoms with Crippen LogP contribution in [0.25, 0.3) is 0 Å². The minimum absolute atomic E-state index is 0.0469. The van der Waals surface area contributed by atoms with Gasteiger partial charge in [-0.15, -0.1) is 0 Å². The molecule has 1 fully saturated rings. The Labute approximate surface area is 174 Å². The van der Waals surface area contributed by atoms with Crippen LogP contribution in [-0.2, 0) is 24.6 Å². The Balaban J connectivity index is 1.52. The second-order valence-electron chi connectivity index (χ2n) is 6.66. The molecule has 30 heavy (non-hydrogen) atoms. The maximum atomic E-state index is 13.4. The van der Waals surface area contributed by atoms with E-state index in [0.29, 0.717) is 0 Å². The largest absolute Gasteiger partial charge is 0.487 e. The molecule has 1 aliphatic heterocycles. The third-order valence-corrected chi connectivity index (χ3v) is 7.67. The number of hydrogen-bond acceptors (Lipinski definition) is 7. The summed E-state index contributed by atoms with van der Waals surface area (Å²) in [4.78, 5) is 12.0. The number of nitrogens with one attached hydrogen (secondary N) is 1. The first-order chi connectivity index (χ1) is 14.2. The summed E-state index contributed by atoms with van der Waals surface area (Å²) >= 11 is 0. The normalized spacial score (nSPS) is 18.1. The molecule has 1 aliphatic rings. The van der Waals surface area contributed by atoms with Crippen LogP contribution in [0.3, 0.4) is 0 Å². The molecular weight excluding hydrogens is 437 g/mol. The van der Waals surface area contributed by atoms with Gasteiger partial charge >= 0.3 is 5.97 Å². The number of sulfone groups is 1. The monoisotopic (exact) mass is 457 g/mol. The van der Waals surface area contributed by atoms with Crippen molar-refractivity contribution in [2.75, 3.05) is 24.7 Å². The zero-order chi connectivity index (χ0) is 21.8. The van der Waals surface area contributed by atoms with Crippen molar-refractivity contribution in [3.05, 3.63) is 59.9 Å². The van der Waals surface area contributed by atoms with Crippen molar-refractivity contribution >= 4 is 25.8 Å². The lowest BCUT2D eigenvalue weighted by Gasteiger charge is -2.12. The Kier molecular flexibility index (Phi) is 6.74. The lowest BCUT2D eigenvalue weighted by Crippen LogP contribution is -2.35. The van der Waals surface area contributed by atoms with Crippen molar-refractivity contribution in [1.29, 1.82) is 0 Å². The lowest BCUT2D eigenvalue weighted by molar-refractivity contribution is 0.0448. The number of carbonyl (C=O) groups is 1. The summed E-state index contributed by atoms with van der Waals surface area (Å²) in [6, 6.07) is 10.2. The lowest BCUT2D eigenvalue weighted by atomic mass is 10.2. The molecule has 1 heterocycles. The van der Waals surface area contributed by atoms with Gasteiger partial charge in [0.1, 0.15) is 13.2 Å². The molecule has 0 saturated carbocycles. The molecule has 0 amide bonds. The van der Waals surface area contributed by atoms with E-state index in [0.717, 1.165) is 0 Å². The van der Waals surface area contributed by atoms with Gasteiger partial charge in [0.25, 0.3) is 0 Å². The first-order valence-corrected chi connectivity index (χ1v) is 12.3. The van der Waals surface area contributed by atoms with Gasteiger partial charge in [-0.1, -0.05) is 12.1 Å². The van der Waals surface area contributed by atoms with Crippen LogP contribution in [-0.4, -0.2) is 53.6 Å². The Hall–Kier alpha value is -2.50. The first kappa shape index (κ1) is 22.2. The quantitative estimate of drug-likeness (QED) is 0.472. The molecule has 0 spiro atoms. The molecule has 0 unspecified atom stereocenters. The number of rotatable bonds is 8. The Bertz CT molecular complexity index is 1120. The van der Waals surface area contributed by atoms with Crippen LogP contribution in [0.4, 0.5) is 4.39 Å². The predicted molar refractivity (Wildman–Crippen MR) is 106 cm³/mol. The average molecular weight is 458 g/mol. The van der Waals surface area contributed by atoms with E-state index >= 15 is 0 Å². The fraction of sp³-hybridized carbons (Fsp3) is 0.316. The van der Waals surface area contributed by atoms with Gasteiger partial charge in [0, 0.05) is 6.04 Å². The highest BCUT2D eigenvalue weighted by atomic mass is 32.2. The molecule has 2 aromatic carbocycles. The van der Waals surface area contributed by atoms with Gasteiger partial charge < -0.3 is 9.47 Å². The maximum Gasteiger partial charge on any atom is 0.338 e. The smallest absolute Gasteiger partial charge is 0.338 e. The second-order valence-corrected chi connectivity index (χ2v) is 10.6. The summed E-state index contributed by atoms with van der Waals surface area (Å²) in [5.41, 5.74) is 0.128. The van der Waals surface area contributed by atoms with Crippen molar-refractivity contribution in [2.24, 2.45) is 0 Å². The van der Waals surface area contributed by atoms with E-state index in [9.17, 15) is 26.0 Å². The summed E-state index contributed by atoms with van der Waals surface area (Å²) in [7, 11) is -7.13. The molecule has 0 aromatic heterocycles. The van der Waals surface area contributed by atoms with Crippen molar-refractivity contribution < 1.29 is 35.5 Å². The zero-order valence-electron chi connectivity index (χ0n) is 15.8. The van der Waals surface area contributed by atoms with Crippen molar-refractivity contribution in [1.82, 2.24) is 4.72 Å². The topological polar surface area (TPSA) is 116 Å². The zero-order valence-corrected chi connectivity index (χ0v) is 17.4. The number of halogens is 1. The number of ether oxygens (including phenoxy) is 2. The molecule has 162 valence electrons. The third-order valence-electron chi connectivity index (χ3n) is 4.37. The van der Waals surface area contributed by atoms with Gasteiger partial charge in [-0.3, -0.25) is 0 Å². The molecule has 0 aliphatic carbocycles. The van der Waals surface area contributed by atoms with Crippen molar-refractivity contribution in [3.8, 4) is 5.75 Å². The summed E-state index contributed by atoms with van der Waals surface area (Å²) < 4.78 is 73.7. The van der Waals surface area contributed by atoms with E-state index in [4.69, 9.17) is 9.47 Å². The van der Waals surface area contributed by atoms with Crippen LogP contribution in [0.5, 0.6) is 5.75 Å². The maximum absolute atomic E-state index is 13.4. The average Bonchev–Trinajstić information content (AvgIpc) is 3.04.